The van der Waals surface area contributed by atoms with Gasteiger partial charge in [-0.3, -0.25) is 9.79 Å². The lowest BCUT2D eigenvalue weighted by Gasteiger charge is -2.01. The van der Waals surface area contributed by atoms with Crippen molar-refractivity contribution in [3.8, 4) is 0 Å². The first-order valence-corrected chi connectivity index (χ1v) is 4.08. The molecule has 1 N–H and O–H groups in total. The molecule has 0 aromatic carbocycles. The van der Waals surface area contributed by atoms with Crippen molar-refractivity contribution in [1.29, 1.82) is 0 Å². The molecule has 0 unspecified atom stereocenters. The van der Waals surface area contributed by atoms with Crippen molar-refractivity contribution in [1.82, 2.24) is 4.73 Å². The Bertz CT molecular complexity index is 379. The van der Waals surface area contributed by atoms with Crippen molar-refractivity contribution < 1.29 is 5.21 Å². The first-order valence-electron chi connectivity index (χ1n) is 4.08. The minimum absolute atomic E-state index is 0.437. The zero-order valence-electron chi connectivity index (χ0n) is 7.69. The van der Waals surface area contributed by atoms with E-state index in [-0.39, 0.29) is 0 Å². The van der Waals surface area contributed by atoms with Gasteiger partial charge in [-0.2, -0.15) is 4.73 Å². The van der Waals surface area contributed by atoms with Crippen molar-refractivity contribution in [3.63, 3.8) is 0 Å². The summed E-state index contributed by atoms with van der Waals surface area (Å²) in [7, 11) is 0. The molecule has 13 heavy (non-hydrogen) atoms. The van der Waals surface area contributed by atoms with Gasteiger partial charge in [0.1, 0.15) is 0 Å². The molecule has 0 bridgehead atoms. The van der Waals surface area contributed by atoms with Crippen LogP contribution in [-0.4, -0.2) is 22.2 Å². The minimum atomic E-state index is -0.437. The zero-order valence-corrected chi connectivity index (χ0v) is 7.69. The van der Waals surface area contributed by atoms with Gasteiger partial charge in [-0.15, -0.1) is 0 Å². The van der Waals surface area contributed by atoms with Crippen molar-refractivity contribution in [2.24, 2.45) is 4.99 Å². The SMILES string of the molecule is CCN=C(C)c1ccc(=O)n(O)c1. The number of pyridine rings is 1. The lowest BCUT2D eigenvalue weighted by molar-refractivity contribution is 0.174. The quantitative estimate of drug-likeness (QED) is 0.543. The lowest BCUT2D eigenvalue weighted by atomic mass is 10.2. The highest BCUT2D eigenvalue weighted by Crippen LogP contribution is 1.97. The molecule has 0 amide bonds. The second kappa shape index (κ2) is 3.89. The average molecular weight is 180 g/mol. The molecule has 0 fully saturated rings. The topological polar surface area (TPSA) is 54.6 Å². The van der Waals surface area contributed by atoms with Gasteiger partial charge in [0.05, 0.1) is 6.20 Å². The third-order valence-corrected chi connectivity index (χ3v) is 1.71. The van der Waals surface area contributed by atoms with Gasteiger partial charge < -0.3 is 5.21 Å². The Morgan fingerprint density at radius 1 is 1.62 bits per heavy atom. The highest BCUT2D eigenvalue weighted by Gasteiger charge is 1.98. The van der Waals surface area contributed by atoms with E-state index in [1.807, 2.05) is 13.8 Å². The molecule has 0 aliphatic rings. The van der Waals surface area contributed by atoms with Crippen molar-refractivity contribution in [2.45, 2.75) is 13.8 Å². The second-order valence-electron chi connectivity index (χ2n) is 2.66. The van der Waals surface area contributed by atoms with Gasteiger partial charge in [-0.1, -0.05) is 0 Å². The van der Waals surface area contributed by atoms with Crippen LogP contribution in [0.4, 0.5) is 0 Å². The van der Waals surface area contributed by atoms with Gasteiger partial charge in [0.2, 0.25) is 0 Å². The smallest absolute Gasteiger partial charge is 0.282 e. The van der Waals surface area contributed by atoms with Gasteiger partial charge in [0, 0.05) is 23.9 Å². The molecule has 1 aromatic heterocycles. The second-order valence-corrected chi connectivity index (χ2v) is 2.66. The highest BCUT2D eigenvalue weighted by molar-refractivity contribution is 5.98. The Morgan fingerprint density at radius 2 is 2.31 bits per heavy atom. The Morgan fingerprint density at radius 3 is 2.85 bits per heavy atom. The molecule has 1 aromatic rings. The van der Waals surface area contributed by atoms with E-state index in [9.17, 15) is 4.79 Å². The molecule has 0 saturated heterocycles. The summed E-state index contributed by atoms with van der Waals surface area (Å²) in [4.78, 5) is 15.0. The highest BCUT2D eigenvalue weighted by atomic mass is 16.5. The number of rotatable bonds is 2. The van der Waals surface area contributed by atoms with Gasteiger partial charge in [-0.05, 0) is 19.9 Å². The summed E-state index contributed by atoms with van der Waals surface area (Å²) in [6.07, 6.45) is 1.36. The summed E-state index contributed by atoms with van der Waals surface area (Å²) in [6.45, 7) is 4.46. The molecule has 1 heterocycles. The van der Waals surface area contributed by atoms with Crippen LogP contribution in [0.2, 0.25) is 0 Å². The third kappa shape index (κ3) is 2.18. The van der Waals surface area contributed by atoms with E-state index in [2.05, 4.69) is 4.99 Å². The number of nitrogens with zero attached hydrogens (tertiary/aromatic N) is 2. The third-order valence-electron chi connectivity index (χ3n) is 1.71. The van der Waals surface area contributed by atoms with Crippen LogP contribution in [0.15, 0.2) is 28.1 Å². The fraction of sp³-hybridized carbons (Fsp3) is 0.333. The number of hydrogen-bond acceptors (Lipinski definition) is 3. The average Bonchev–Trinajstić information content (AvgIpc) is 2.10. The zero-order chi connectivity index (χ0) is 9.84. The van der Waals surface area contributed by atoms with Crippen LogP contribution in [0.5, 0.6) is 0 Å². The van der Waals surface area contributed by atoms with Crippen molar-refractivity contribution >= 4 is 5.71 Å². The fourth-order valence-electron chi connectivity index (χ4n) is 1.02. The minimum Gasteiger partial charge on any atom is -0.425 e. The lowest BCUT2D eigenvalue weighted by Crippen LogP contribution is -2.17. The van der Waals surface area contributed by atoms with Gasteiger partial charge in [0.15, 0.2) is 0 Å². The molecular formula is C9H12N2O2. The Balaban J connectivity index is 3.11. The first kappa shape index (κ1) is 9.51. The van der Waals surface area contributed by atoms with Gasteiger partial charge in [0.25, 0.3) is 5.56 Å². The molecule has 0 radical (unpaired) electrons. The molecule has 0 aliphatic carbocycles. The standard InChI is InChI=1S/C9H12N2O2/c1-3-10-7(2)8-4-5-9(12)11(13)6-8/h4-6,13H,3H2,1-2H3. The Hall–Kier alpha value is -1.58. The molecule has 4 nitrogen and oxygen atoms in total. The van der Waals surface area contributed by atoms with Crippen LogP contribution < -0.4 is 5.56 Å². The van der Waals surface area contributed by atoms with Crippen LogP contribution in [0.25, 0.3) is 0 Å². The van der Waals surface area contributed by atoms with E-state index in [1.54, 1.807) is 6.07 Å². The molecule has 4 heteroatoms. The summed E-state index contributed by atoms with van der Waals surface area (Å²) >= 11 is 0. The molecule has 0 aliphatic heterocycles. The molecule has 1 rings (SSSR count). The number of aromatic nitrogens is 1. The molecule has 0 saturated carbocycles. The summed E-state index contributed by atoms with van der Waals surface area (Å²) in [6, 6.07) is 2.95. The Labute approximate surface area is 76.1 Å². The molecular weight excluding hydrogens is 168 g/mol. The normalized spacial score (nSPS) is 11.7. The van der Waals surface area contributed by atoms with E-state index < -0.39 is 5.56 Å². The molecule has 70 valence electrons. The predicted molar refractivity (Wildman–Crippen MR) is 50.6 cm³/mol. The van der Waals surface area contributed by atoms with E-state index in [0.717, 1.165) is 11.3 Å². The van der Waals surface area contributed by atoms with Gasteiger partial charge >= 0.3 is 0 Å². The molecule has 0 spiro atoms. The van der Waals surface area contributed by atoms with E-state index in [0.29, 0.717) is 11.3 Å². The van der Waals surface area contributed by atoms with E-state index in [1.165, 1.54) is 12.3 Å². The van der Waals surface area contributed by atoms with Crippen LogP contribution in [0.3, 0.4) is 0 Å². The van der Waals surface area contributed by atoms with E-state index in [4.69, 9.17) is 5.21 Å². The van der Waals surface area contributed by atoms with E-state index >= 15 is 0 Å². The summed E-state index contributed by atoms with van der Waals surface area (Å²) in [5.74, 6) is 0. The summed E-state index contributed by atoms with van der Waals surface area (Å²) in [5, 5.41) is 9.07. The number of hydrogen-bond donors (Lipinski definition) is 1. The van der Waals surface area contributed by atoms with Crippen LogP contribution in [-0.2, 0) is 0 Å². The van der Waals surface area contributed by atoms with Crippen molar-refractivity contribution in [2.75, 3.05) is 6.54 Å². The van der Waals surface area contributed by atoms with Crippen molar-refractivity contribution in [3.05, 3.63) is 34.2 Å². The first-order chi connectivity index (χ1) is 6.15. The molecule has 0 atom stereocenters. The maximum atomic E-state index is 10.8. The maximum absolute atomic E-state index is 10.8. The summed E-state index contributed by atoms with van der Waals surface area (Å²) < 4.78 is 0.560. The largest absolute Gasteiger partial charge is 0.425 e. The monoisotopic (exact) mass is 180 g/mol. The van der Waals surface area contributed by atoms with Gasteiger partial charge in [-0.25, -0.2) is 0 Å². The summed E-state index contributed by atoms with van der Waals surface area (Å²) in [5.41, 5.74) is 1.13. The van der Waals surface area contributed by atoms with Crippen LogP contribution in [0.1, 0.15) is 19.4 Å². The Kier molecular flexibility index (Phi) is 2.84. The maximum Gasteiger partial charge on any atom is 0.282 e. The van der Waals surface area contributed by atoms with Crippen LogP contribution in [0, 0.1) is 0 Å². The fourth-order valence-corrected chi connectivity index (χ4v) is 1.02. The number of aliphatic imine (C=N–C) groups is 1. The predicted octanol–water partition coefficient (Wildman–Crippen LogP) is 0.915. The van der Waals surface area contributed by atoms with Crippen LogP contribution >= 0.6 is 0 Å².